The summed E-state index contributed by atoms with van der Waals surface area (Å²) in [5.41, 5.74) is 4.51. The van der Waals surface area contributed by atoms with E-state index in [2.05, 4.69) is 0 Å². The Morgan fingerprint density at radius 3 is 2.10 bits per heavy atom. The maximum Gasteiger partial charge on any atom is 0.332 e. The first kappa shape index (κ1) is 21.3. The number of nitrogens with two attached hydrogens (primary N) is 1. The zero-order valence-corrected chi connectivity index (χ0v) is 17.4. The fourth-order valence-corrected chi connectivity index (χ4v) is 4.29. The average molecular weight is 405 g/mol. The second-order valence-electron chi connectivity index (χ2n) is 8.18. The highest BCUT2D eigenvalue weighted by molar-refractivity contribution is 6.01. The molecule has 2 N–H and O–H groups in total. The minimum Gasteiger partial charge on any atom is -0.384 e. The van der Waals surface area contributed by atoms with Gasteiger partial charge in [0.2, 0.25) is 5.91 Å². The van der Waals surface area contributed by atoms with Gasteiger partial charge in [-0.3, -0.25) is 28.4 Å². The molecule has 0 saturated carbocycles. The topological polar surface area (TPSA) is 111 Å². The van der Waals surface area contributed by atoms with Crippen LogP contribution < -0.4 is 17.0 Å². The van der Waals surface area contributed by atoms with Gasteiger partial charge >= 0.3 is 5.69 Å². The van der Waals surface area contributed by atoms with Gasteiger partial charge in [-0.1, -0.05) is 12.8 Å². The summed E-state index contributed by atoms with van der Waals surface area (Å²) in [6.07, 6.45) is 5.97. The van der Waals surface area contributed by atoms with Crippen molar-refractivity contribution >= 4 is 17.5 Å². The molecule has 29 heavy (non-hydrogen) atoms. The molecular formula is C20H31N5O4. The summed E-state index contributed by atoms with van der Waals surface area (Å²) in [5.74, 6) is -0.241. The summed E-state index contributed by atoms with van der Waals surface area (Å²) in [6, 6.07) is 0. The normalized spacial score (nSPS) is 19.2. The second-order valence-corrected chi connectivity index (χ2v) is 8.18. The van der Waals surface area contributed by atoms with Crippen LogP contribution in [0, 0.1) is 5.92 Å². The lowest BCUT2D eigenvalue weighted by molar-refractivity contribution is -0.137. The van der Waals surface area contributed by atoms with Crippen LogP contribution in [-0.4, -0.2) is 63.3 Å². The average Bonchev–Trinajstić information content (AvgIpc) is 3.00. The standard InChI is InChI=1S/C20H31N5O4/c1-22-17(21)16(19(28)23(2)20(22)29)15(26)13-24-11-7-14(8-12-24)18(27)25-9-5-3-4-6-10-25/h14H,3-13,21H2,1-2H3. The van der Waals surface area contributed by atoms with Crippen LogP contribution in [0.15, 0.2) is 9.59 Å². The first-order chi connectivity index (χ1) is 13.8. The second kappa shape index (κ2) is 8.94. The Morgan fingerprint density at radius 1 is 0.931 bits per heavy atom. The van der Waals surface area contributed by atoms with Gasteiger partial charge in [0, 0.05) is 33.1 Å². The number of carbonyl (C=O) groups is 2. The smallest absolute Gasteiger partial charge is 0.332 e. The summed E-state index contributed by atoms with van der Waals surface area (Å²) in [7, 11) is 2.77. The Morgan fingerprint density at radius 2 is 1.52 bits per heavy atom. The van der Waals surface area contributed by atoms with Crippen molar-refractivity contribution < 1.29 is 9.59 Å². The molecule has 0 radical (unpaired) electrons. The summed E-state index contributed by atoms with van der Waals surface area (Å²) in [4.78, 5) is 53.8. The minimum absolute atomic E-state index is 0.00920. The molecule has 2 aliphatic rings. The first-order valence-corrected chi connectivity index (χ1v) is 10.4. The molecule has 0 atom stereocenters. The van der Waals surface area contributed by atoms with Crippen LogP contribution in [0.2, 0.25) is 0 Å². The lowest BCUT2D eigenvalue weighted by Crippen LogP contribution is -2.46. The Balaban J connectivity index is 1.61. The predicted octanol–water partition coefficient (Wildman–Crippen LogP) is -0.0365. The molecule has 2 aliphatic heterocycles. The number of rotatable bonds is 4. The molecular weight excluding hydrogens is 374 g/mol. The molecule has 2 fully saturated rings. The van der Waals surface area contributed by atoms with Gasteiger partial charge in [-0.25, -0.2) is 4.79 Å². The van der Waals surface area contributed by atoms with Crippen LogP contribution in [-0.2, 0) is 18.9 Å². The monoisotopic (exact) mass is 405 g/mol. The Hall–Kier alpha value is -2.42. The maximum absolute atomic E-state index is 12.8. The van der Waals surface area contributed by atoms with E-state index in [1.807, 2.05) is 9.80 Å². The Bertz CT molecular complexity index is 887. The fourth-order valence-electron chi connectivity index (χ4n) is 4.29. The highest BCUT2D eigenvalue weighted by atomic mass is 16.2. The number of anilines is 1. The number of Topliss-reactive ketones (excluding diaryl/α,β-unsaturated/α-hetero) is 1. The number of piperidine rings is 1. The number of hydrogen-bond acceptors (Lipinski definition) is 6. The molecule has 3 heterocycles. The Kier molecular flexibility index (Phi) is 6.56. The van der Waals surface area contributed by atoms with Gasteiger partial charge in [-0.05, 0) is 38.8 Å². The van der Waals surface area contributed by atoms with Crippen molar-refractivity contribution in [1.29, 1.82) is 0 Å². The molecule has 0 spiro atoms. The van der Waals surface area contributed by atoms with Gasteiger partial charge in [0.15, 0.2) is 5.78 Å². The van der Waals surface area contributed by atoms with Gasteiger partial charge in [0.05, 0.1) is 6.54 Å². The van der Waals surface area contributed by atoms with Crippen molar-refractivity contribution in [2.45, 2.75) is 38.5 Å². The molecule has 0 unspecified atom stereocenters. The number of aromatic nitrogens is 2. The zero-order chi connectivity index (χ0) is 21.1. The van der Waals surface area contributed by atoms with Crippen molar-refractivity contribution in [3.63, 3.8) is 0 Å². The molecule has 0 aromatic carbocycles. The Labute approximate surface area is 170 Å². The van der Waals surface area contributed by atoms with Gasteiger partial charge in [0.25, 0.3) is 5.56 Å². The zero-order valence-electron chi connectivity index (χ0n) is 17.4. The SMILES string of the molecule is Cn1c(N)c(C(=O)CN2CCC(C(=O)N3CCCCCC3)CC2)c(=O)n(C)c1=O. The highest BCUT2D eigenvalue weighted by Gasteiger charge is 2.30. The number of nitrogen functional groups attached to an aromatic ring is 1. The van der Waals surface area contributed by atoms with E-state index >= 15 is 0 Å². The van der Waals surface area contributed by atoms with Crippen molar-refractivity contribution in [3.05, 3.63) is 26.4 Å². The van der Waals surface area contributed by atoms with Crippen LogP contribution in [0.25, 0.3) is 0 Å². The van der Waals surface area contributed by atoms with E-state index in [1.54, 1.807) is 0 Å². The first-order valence-electron chi connectivity index (χ1n) is 10.4. The third-order valence-electron chi connectivity index (χ3n) is 6.21. The van der Waals surface area contributed by atoms with Gasteiger partial charge < -0.3 is 10.6 Å². The molecule has 9 nitrogen and oxygen atoms in total. The van der Waals surface area contributed by atoms with Crippen molar-refractivity contribution in [2.75, 3.05) is 38.5 Å². The van der Waals surface area contributed by atoms with E-state index in [9.17, 15) is 19.2 Å². The number of amides is 1. The van der Waals surface area contributed by atoms with E-state index < -0.39 is 17.0 Å². The van der Waals surface area contributed by atoms with Crippen molar-refractivity contribution in [1.82, 2.24) is 18.9 Å². The van der Waals surface area contributed by atoms with Gasteiger partial charge in [0.1, 0.15) is 11.4 Å². The number of likely N-dealkylation sites (tertiary alicyclic amines) is 2. The number of ketones is 1. The van der Waals surface area contributed by atoms with Crippen LogP contribution in [0.3, 0.4) is 0 Å². The summed E-state index contributed by atoms with van der Waals surface area (Å²) in [6.45, 7) is 3.02. The maximum atomic E-state index is 12.8. The van der Waals surface area contributed by atoms with E-state index in [1.165, 1.54) is 26.9 Å². The van der Waals surface area contributed by atoms with E-state index in [4.69, 9.17) is 5.73 Å². The third-order valence-corrected chi connectivity index (χ3v) is 6.21. The van der Waals surface area contributed by atoms with Crippen molar-refractivity contribution in [2.24, 2.45) is 20.0 Å². The molecule has 0 bridgehead atoms. The predicted molar refractivity (Wildman–Crippen MR) is 110 cm³/mol. The lowest BCUT2D eigenvalue weighted by Gasteiger charge is -2.33. The number of nitrogens with zero attached hydrogens (tertiary/aromatic N) is 4. The van der Waals surface area contributed by atoms with Gasteiger partial charge in [-0.15, -0.1) is 0 Å². The highest BCUT2D eigenvalue weighted by Crippen LogP contribution is 2.22. The summed E-state index contributed by atoms with van der Waals surface area (Å²) < 4.78 is 2.01. The summed E-state index contributed by atoms with van der Waals surface area (Å²) in [5, 5.41) is 0. The molecule has 1 aromatic heterocycles. The molecule has 1 aromatic rings. The van der Waals surface area contributed by atoms with Crippen LogP contribution in [0.5, 0.6) is 0 Å². The largest absolute Gasteiger partial charge is 0.384 e. The third kappa shape index (κ3) is 4.44. The minimum atomic E-state index is -0.665. The molecule has 1 amide bonds. The molecule has 2 saturated heterocycles. The number of hydrogen-bond donors (Lipinski definition) is 1. The van der Waals surface area contributed by atoms with Crippen LogP contribution in [0.4, 0.5) is 5.82 Å². The van der Waals surface area contributed by atoms with Crippen LogP contribution in [0.1, 0.15) is 48.9 Å². The molecule has 0 aliphatic carbocycles. The fraction of sp³-hybridized carbons (Fsp3) is 0.700. The molecule has 160 valence electrons. The molecule has 3 rings (SSSR count). The molecule has 9 heteroatoms. The van der Waals surface area contributed by atoms with Crippen molar-refractivity contribution in [3.8, 4) is 0 Å². The van der Waals surface area contributed by atoms with E-state index in [0.717, 1.165) is 35.1 Å². The number of carbonyl (C=O) groups excluding carboxylic acids is 2. The van der Waals surface area contributed by atoms with Crippen LogP contribution >= 0.6 is 0 Å². The van der Waals surface area contributed by atoms with Gasteiger partial charge in [-0.2, -0.15) is 0 Å². The quantitative estimate of drug-likeness (QED) is 0.704. The lowest BCUT2D eigenvalue weighted by atomic mass is 9.94. The summed E-state index contributed by atoms with van der Waals surface area (Å²) >= 11 is 0. The van der Waals surface area contributed by atoms with E-state index in [-0.39, 0.29) is 29.8 Å². The van der Waals surface area contributed by atoms with E-state index in [0.29, 0.717) is 25.9 Å².